The Balaban J connectivity index is 2.06. The summed E-state index contributed by atoms with van der Waals surface area (Å²) in [5.74, 6) is -0.231. The molecule has 0 saturated heterocycles. The van der Waals surface area contributed by atoms with Gasteiger partial charge in [-0.1, -0.05) is 54.5 Å². The zero-order chi connectivity index (χ0) is 13.8. The summed E-state index contributed by atoms with van der Waals surface area (Å²) in [7, 11) is 0. The molecule has 0 nitrogen and oxygen atoms in total. The minimum Gasteiger partial charge on any atom is -0.207 e. The van der Waals surface area contributed by atoms with Crippen LogP contribution in [0.4, 0.5) is 8.78 Å². The van der Waals surface area contributed by atoms with Crippen LogP contribution in [0, 0.1) is 24.5 Å². The molecule has 1 aromatic rings. The van der Waals surface area contributed by atoms with E-state index in [1.165, 1.54) is 38.5 Å². The molecule has 1 aliphatic rings. The molecular weight excluding hydrogens is 310 g/mol. The van der Waals surface area contributed by atoms with Crippen LogP contribution in [-0.2, 0) is 0 Å². The standard InChI is InChI=1S/C16H21BrF2/c1-11-8-13(16(19)10-15(11)18)14(17)9-12-6-4-2-3-5-7-12/h8,10,12,14H,2-7,9H2,1H3. The van der Waals surface area contributed by atoms with Crippen molar-refractivity contribution in [2.24, 2.45) is 5.92 Å². The molecule has 2 rings (SSSR count). The summed E-state index contributed by atoms with van der Waals surface area (Å²) in [6, 6.07) is 2.65. The Bertz CT molecular complexity index is 423. The summed E-state index contributed by atoms with van der Waals surface area (Å²) in [6.45, 7) is 1.68. The molecule has 0 radical (unpaired) electrons. The van der Waals surface area contributed by atoms with Crippen molar-refractivity contribution in [1.29, 1.82) is 0 Å². The van der Waals surface area contributed by atoms with E-state index >= 15 is 0 Å². The molecule has 19 heavy (non-hydrogen) atoms. The molecule has 0 heterocycles. The van der Waals surface area contributed by atoms with Gasteiger partial charge in [-0.05, 0) is 30.9 Å². The van der Waals surface area contributed by atoms with E-state index < -0.39 is 11.6 Å². The fourth-order valence-electron chi connectivity index (χ4n) is 2.94. The van der Waals surface area contributed by atoms with Crippen LogP contribution in [0.15, 0.2) is 12.1 Å². The van der Waals surface area contributed by atoms with E-state index in [0.717, 1.165) is 12.5 Å². The molecule has 0 aliphatic heterocycles. The minimum absolute atomic E-state index is 0.00472. The lowest BCUT2D eigenvalue weighted by Gasteiger charge is -2.19. The smallest absolute Gasteiger partial charge is 0.130 e. The molecule has 0 spiro atoms. The Morgan fingerprint density at radius 3 is 2.37 bits per heavy atom. The summed E-state index contributed by atoms with van der Waals surface area (Å²) < 4.78 is 27.1. The molecule has 0 N–H and O–H groups in total. The molecule has 1 aliphatic carbocycles. The maximum Gasteiger partial charge on any atom is 0.130 e. The quantitative estimate of drug-likeness (QED) is 0.466. The summed E-state index contributed by atoms with van der Waals surface area (Å²) in [4.78, 5) is -0.00472. The molecule has 1 atom stereocenters. The van der Waals surface area contributed by atoms with Gasteiger partial charge in [-0.3, -0.25) is 0 Å². The van der Waals surface area contributed by atoms with Gasteiger partial charge >= 0.3 is 0 Å². The summed E-state index contributed by atoms with van der Waals surface area (Å²) in [6.07, 6.45) is 8.65. The Hall–Kier alpha value is -0.440. The molecule has 1 unspecified atom stereocenters. The minimum atomic E-state index is -0.463. The average Bonchev–Trinajstić information content (AvgIpc) is 2.62. The van der Waals surface area contributed by atoms with Gasteiger partial charge in [-0.15, -0.1) is 0 Å². The van der Waals surface area contributed by atoms with Crippen LogP contribution < -0.4 is 0 Å². The third-order valence-electron chi connectivity index (χ3n) is 4.13. The van der Waals surface area contributed by atoms with Crippen LogP contribution in [0.2, 0.25) is 0 Å². The molecule has 1 aromatic carbocycles. The zero-order valence-corrected chi connectivity index (χ0v) is 13.0. The van der Waals surface area contributed by atoms with Crippen molar-refractivity contribution in [3.8, 4) is 0 Å². The Labute approximate surface area is 122 Å². The van der Waals surface area contributed by atoms with Gasteiger partial charge in [-0.2, -0.15) is 0 Å². The molecule has 0 bridgehead atoms. The van der Waals surface area contributed by atoms with Gasteiger partial charge in [0.25, 0.3) is 0 Å². The largest absolute Gasteiger partial charge is 0.207 e. The van der Waals surface area contributed by atoms with E-state index in [4.69, 9.17) is 0 Å². The van der Waals surface area contributed by atoms with E-state index in [0.29, 0.717) is 17.0 Å². The number of hydrogen-bond donors (Lipinski definition) is 0. The SMILES string of the molecule is Cc1cc(C(Br)CC2CCCCCC2)c(F)cc1F. The third kappa shape index (κ3) is 4.01. The van der Waals surface area contributed by atoms with E-state index in [1.807, 2.05) is 0 Å². The van der Waals surface area contributed by atoms with Gasteiger partial charge in [0, 0.05) is 16.5 Å². The van der Waals surface area contributed by atoms with Crippen LogP contribution in [0.5, 0.6) is 0 Å². The normalized spacial score (nSPS) is 19.2. The maximum atomic E-state index is 13.8. The zero-order valence-electron chi connectivity index (χ0n) is 11.4. The number of aryl methyl sites for hydroxylation is 1. The fourth-order valence-corrected chi connectivity index (χ4v) is 3.82. The van der Waals surface area contributed by atoms with Crippen LogP contribution in [-0.4, -0.2) is 0 Å². The first kappa shape index (κ1) is 15.0. The van der Waals surface area contributed by atoms with Crippen molar-refractivity contribution in [3.05, 3.63) is 34.9 Å². The van der Waals surface area contributed by atoms with Crippen molar-refractivity contribution in [1.82, 2.24) is 0 Å². The molecule has 1 saturated carbocycles. The van der Waals surface area contributed by atoms with E-state index in [-0.39, 0.29) is 4.83 Å². The molecule has 3 heteroatoms. The number of alkyl halides is 1. The molecular formula is C16H21BrF2. The van der Waals surface area contributed by atoms with Crippen LogP contribution in [0.3, 0.4) is 0 Å². The third-order valence-corrected chi connectivity index (χ3v) is 5.00. The van der Waals surface area contributed by atoms with Crippen molar-refractivity contribution in [3.63, 3.8) is 0 Å². The molecule has 1 fully saturated rings. The summed E-state index contributed by atoms with van der Waals surface area (Å²) >= 11 is 3.59. The number of benzene rings is 1. The first-order chi connectivity index (χ1) is 9.08. The summed E-state index contributed by atoms with van der Waals surface area (Å²) in [5, 5.41) is 0. The maximum absolute atomic E-state index is 13.8. The number of rotatable bonds is 3. The highest BCUT2D eigenvalue weighted by Crippen LogP contribution is 2.37. The van der Waals surface area contributed by atoms with Crippen molar-refractivity contribution < 1.29 is 8.78 Å². The van der Waals surface area contributed by atoms with Gasteiger partial charge in [0.1, 0.15) is 11.6 Å². The first-order valence-electron chi connectivity index (χ1n) is 7.17. The van der Waals surface area contributed by atoms with Gasteiger partial charge in [-0.25, -0.2) is 8.78 Å². The monoisotopic (exact) mass is 330 g/mol. The van der Waals surface area contributed by atoms with Crippen LogP contribution in [0.1, 0.15) is 60.9 Å². The van der Waals surface area contributed by atoms with Crippen molar-refractivity contribution in [2.75, 3.05) is 0 Å². The van der Waals surface area contributed by atoms with Crippen LogP contribution >= 0.6 is 15.9 Å². The molecule has 0 amide bonds. The Morgan fingerprint density at radius 2 is 1.74 bits per heavy atom. The second-order valence-electron chi connectivity index (χ2n) is 5.68. The Kier molecular flexibility index (Phi) is 5.37. The lowest BCUT2D eigenvalue weighted by atomic mass is 9.92. The number of halogens is 3. The topological polar surface area (TPSA) is 0 Å². The van der Waals surface area contributed by atoms with Gasteiger partial charge in [0.05, 0.1) is 0 Å². The van der Waals surface area contributed by atoms with Crippen molar-refractivity contribution in [2.45, 2.75) is 56.7 Å². The highest BCUT2D eigenvalue weighted by atomic mass is 79.9. The highest BCUT2D eigenvalue weighted by Gasteiger charge is 2.20. The second kappa shape index (κ2) is 6.83. The predicted molar refractivity (Wildman–Crippen MR) is 78.6 cm³/mol. The first-order valence-corrected chi connectivity index (χ1v) is 8.09. The average molecular weight is 331 g/mol. The number of hydrogen-bond acceptors (Lipinski definition) is 0. The highest BCUT2D eigenvalue weighted by molar-refractivity contribution is 9.09. The van der Waals surface area contributed by atoms with Gasteiger partial charge in [0.15, 0.2) is 0 Å². The summed E-state index contributed by atoms with van der Waals surface area (Å²) in [5.41, 5.74) is 1.12. The van der Waals surface area contributed by atoms with E-state index in [9.17, 15) is 8.78 Å². The fraction of sp³-hybridized carbons (Fsp3) is 0.625. The predicted octanol–water partition coefficient (Wildman–Crippen LogP) is 6.07. The molecule has 106 valence electrons. The lowest BCUT2D eigenvalue weighted by molar-refractivity contribution is 0.423. The lowest BCUT2D eigenvalue weighted by Crippen LogP contribution is -2.05. The van der Waals surface area contributed by atoms with E-state index in [1.54, 1.807) is 13.0 Å². The van der Waals surface area contributed by atoms with Crippen LogP contribution in [0.25, 0.3) is 0 Å². The van der Waals surface area contributed by atoms with Gasteiger partial charge < -0.3 is 0 Å². The van der Waals surface area contributed by atoms with E-state index in [2.05, 4.69) is 15.9 Å². The van der Waals surface area contributed by atoms with Gasteiger partial charge in [0.2, 0.25) is 0 Å². The molecule has 0 aromatic heterocycles. The van der Waals surface area contributed by atoms with Crippen molar-refractivity contribution >= 4 is 15.9 Å². The Morgan fingerprint density at radius 1 is 1.11 bits per heavy atom. The second-order valence-corrected chi connectivity index (χ2v) is 6.79.